The first-order chi connectivity index (χ1) is 23.3. The van der Waals surface area contributed by atoms with Gasteiger partial charge in [-0.25, -0.2) is 4.98 Å². The van der Waals surface area contributed by atoms with Crippen molar-refractivity contribution in [1.82, 2.24) is 19.5 Å². The second kappa shape index (κ2) is 13.1. The van der Waals surface area contributed by atoms with Crippen molar-refractivity contribution in [2.45, 2.75) is 51.1 Å². The normalized spacial score (nSPS) is 21.1. The van der Waals surface area contributed by atoms with E-state index in [4.69, 9.17) is 24.7 Å². The van der Waals surface area contributed by atoms with E-state index in [9.17, 15) is 9.18 Å². The lowest BCUT2D eigenvalue weighted by Crippen LogP contribution is -2.48. The number of carbonyl (C=O) groups is 1. The van der Waals surface area contributed by atoms with Gasteiger partial charge in [0.2, 0.25) is 0 Å². The third-order valence-electron chi connectivity index (χ3n) is 8.50. The number of nitrogens with two attached hydrogens (primary N) is 1. The van der Waals surface area contributed by atoms with Crippen molar-refractivity contribution < 1.29 is 28.1 Å². The number of anilines is 1. The average molecular weight is 648 g/mol. The van der Waals surface area contributed by atoms with Gasteiger partial charge in [0.05, 0.1) is 26.1 Å². The lowest BCUT2D eigenvalue weighted by Gasteiger charge is -2.32. The minimum absolute atomic E-state index is 0.0406. The van der Waals surface area contributed by atoms with E-state index in [1.807, 2.05) is 73.7 Å². The summed E-state index contributed by atoms with van der Waals surface area (Å²) in [6.07, 6.45) is 1.16. The number of imidazole rings is 1. The highest BCUT2D eigenvalue weighted by Gasteiger charge is 2.58. The maximum Gasteiger partial charge on any atom is 0.312 e. The van der Waals surface area contributed by atoms with Crippen molar-refractivity contribution in [3.63, 3.8) is 0 Å². The molecule has 4 aromatic carbocycles. The number of carbonyl (C=O) groups excluding carboxylic acids is 1. The number of hydrogen-bond donors (Lipinski definition) is 1. The first-order valence-corrected chi connectivity index (χ1v) is 15.6. The summed E-state index contributed by atoms with van der Waals surface area (Å²) in [6.45, 7) is 3.69. The summed E-state index contributed by atoms with van der Waals surface area (Å²) in [5.74, 6) is -0.674. The Morgan fingerprint density at radius 2 is 1.60 bits per heavy atom. The number of allylic oxidation sites excluding steroid dienone is 1. The number of rotatable bonds is 10. The standard InChI is InChI=1S/C37H34FN5O5/c1-3-16-37(21-45-19-24-12-14-26-8-4-6-10-28(26)17-24)32(46-20-25-13-15-27-9-5-7-11-29(27)18-25)31(47-23(2)44)35(48-37)43-22-40-30-33(39)41-36(38)42-34(30)43/h3-18,22,31-32,35H,19-21H2,1-2H3,(H2,39,41,42)/b16-3+. The summed E-state index contributed by atoms with van der Waals surface area (Å²) < 4.78 is 41.7. The second-order valence-corrected chi connectivity index (χ2v) is 11.8. The van der Waals surface area contributed by atoms with Crippen LogP contribution in [0.4, 0.5) is 10.2 Å². The number of nitrogen functional groups attached to an aromatic ring is 1. The summed E-state index contributed by atoms with van der Waals surface area (Å²) in [5.41, 5.74) is 6.89. The molecule has 2 N–H and O–H groups in total. The number of esters is 1. The van der Waals surface area contributed by atoms with Crippen LogP contribution in [-0.2, 0) is 37.0 Å². The average Bonchev–Trinajstić information content (AvgIpc) is 3.62. The smallest absolute Gasteiger partial charge is 0.312 e. The van der Waals surface area contributed by atoms with Gasteiger partial charge in [0.15, 0.2) is 29.3 Å². The highest BCUT2D eigenvalue weighted by atomic mass is 19.1. The monoisotopic (exact) mass is 647 g/mol. The third kappa shape index (κ3) is 6.11. The molecule has 0 aliphatic carbocycles. The molecule has 2 aromatic heterocycles. The summed E-state index contributed by atoms with van der Waals surface area (Å²) in [6, 6.07) is 28.4. The number of aromatic nitrogens is 4. The summed E-state index contributed by atoms with van der Waals surface area (Å²) in [4.78, 5) is 24.5. The van der Waals surface area contributed by atoms with Crippen LogP contribution in [0.5, 0.6) is 0 Å². The predicted octanol–water partition coefficient (Wildman–Crippen LogP) is 6.43. The van der Waals surface area contributed by atoms with E-state index in [1.54, 1.807) is 0 Å². The van der Waals surface area contributed by atoms with Crippen molar-refractivity contribution in [1.29, 1.82) is 0 Å². The molecule has 0 amide bonds. The third-order valence-corrected chi connectivity index (χ3v) is 8.50. The van der Waals surface area contributed by atoms with Crippen LogP contribution in [0, 0.1) is 6.08 Å². The molecule has 0 saturated carbocycles. The topological polar surface area (TPSA) is 124 Å². The lowest BCUT2D eigenvalue weighted by molar-refractivity contribution is -0.158. The molecule has 0 radical (unpaired) electrons. The highest BCUT2D eigenvalue weighted by molar-refractivity contribution is 5.84. The molecular formula is C37H34FN5O5. The Balaban J connectivity index is 1.26. The zero-order valence-electron chi connectivity index (χ0n) is 26.5. The molecule has 1 saturated heterocycles. The highest BCUT2D eigenvalue weighted by Crippen LogP contribution is 2.44. The van der Waals surface area contributed by atoms with Gasteiger partial charge in [-0.05, 0) is 51.7 Å². The van der Waals surface area contributed by atoms with Crippen LogP contribution >= 0.6 is 0 Å². The van der Waals surface area contributed by atoms with Gasteiger partial charge < -0.3 is 24.7 Å². The van der Waals surface area contributed by atoms with Gasteiger partial charge >= 0.3 is 12.0 Å². The number of hydrogen-bond acceptors (Lipinski definition) is 9. The number of ether oxygens (including phenoxy) is 4. The molecule has 11 heteroatoms. The van der Waals surface area contributed by atoms with Crippen LogP contribution in [0.25, 0.3) is 32.7 Å². The maximum absolute atomic E-state index is 14.4. The minimum Gasteiger partial charge on any atom is -0.455 e. The van der Waals surface area contributed by atoms with E-state index >= 15 is 0 Å². The zero-order valence-corrected chi connectivity index (χ0v) is 26.5. The SMILES string of the molecule is C/C=C/C1(COCc2ccc3ccccc3c2)OC(n2cnc3c(N)nc(F)nc32)C(OC(C)=O)C1OCc1ccc2ccccc2c1. The van der Waals surface area contributed by atoms with Crippen molar-refractivity contribution in [3.8, 4) is 0 Å². The minimum atomic E-state index is -1.25. The van der Waals surface area contributed by atoms with Crippen LogP contribution < -0.4 is 5.73 Å². The molecule has 1 aliphatic heterocycles. The van der Waals surface area contributed by atoms with Crippen molar-refractivity contribution in [2.75, 3.05) is 12.3 Å². The summed E-state index contributed by atoms with van der Waals surface area (Å²) in [7, 11) is 0. The summed E-state index contributed by atoms with van der Waals surface area (Å²) >= 11 is 0. The predicted molar refractivity (Wildman–Crippen MR) is 179 cm³/mol. The van der Waals surface area contributed by atoms with Crippen molar-refractivity contribution >= 4 is 44.5 Å². The van der Waals surface area contributed by atoms with Gasteiger partial charge in [-0.15, -0.1) is 0 Å². The van der Waals surface area contributed by atoms with E-state index in [0.717, 1.165) is 32.7 Å². The van der Waals surface area contributed by atoms with Gasteiger partial charge in [0.25, 0.3) is 0 Å². The Hall–Kier alpha value is -5.23. The van der Waals surface area contributed by atoms with Crippen molar-refractivity contribution in [2.24, 2.45) is 0 Å². The fourth-order valence-corrected chi connectivity index (χ4v) is 6.40. The van der Waals surface area contributed by atoms with Gasteiger partial charge in [0, 0.05) is 6.92 Å². The molecule has 10 nitrogen and oxygen atoms in total. The molecule has 4 unspecified atom stereocenters. The second-order valence-electron chi connectivity index (χ2n) is 11.8. The van der Waals surface area contributed by atoms with E-state index in [-0.39, 0.29) is 36.8 Å². The molecule has 7 rings (SSSR count). The van der Waals surface area contributed by atoms with Crippen LogP contribution in [0.3, 0.4) is 0 Å². The fraction of sp³-hybridized carbons (Fsp3) is 0.243. The van der Waals surface area contributed by atoms with E-state index in [0.29, 0.717) is 0 Å². The van der Waals surface area contributed by atoms with Crippen LogP contribution in [-0.4, -0.2) is 49.9 Å². The molecular weight excluding hydrogens is 613 g/mol. The van der Waals surface area contributed by atoms with Crippen LogP contribution in [0.1, 0.15) is 31.2 Å². The van der Waals surface area contributed by atoms with E-state index in [2.05, 4.69) is 45.3 Å². The molecule has 244 valence electrons. The maximum atomic E-state index is 14.4. The van der Waals surface area contributed by atoms with Crippen LogP contribution in [0.15, 0.2) is 103 Å². The van der Waals surface area contributed by atoms with Gasteiger partial charge in [-0.3, -0.25) is 9.36 Å². The molecule has 0 spiro atoms. The van der Waals surface area contributed by atoms with Gasteiger partial charge in [-0.1, -0.05) is 84.9 Å². The summed E-state index contributed by atoms with van der Waals surface area (Å²) in [5, 5.41) is 4.41. The lowest BCUT2D eigenvalue weighted by atomic mass is 9.94. The number of fused-ring (bicyclic) bond motifs is 3. The number of benzene rings is 4. The van der Waals surface area contributed by atoms with Gasteiger partial charge in [0.1, 0.15) is 11.7 Å². The Labute approximate surface area is 275 Å². The Bertz CT molecular complexity index is 2150. The fourth-order valence-electron chi connectivity index (χ4n) is 6.40. The molecule has 4 atom stereocenters. The zero-order chi connectivity index (χ0) is 33.3. The quantitative estimate of drug-likeness (QED) is 0.102. The van der Waals surface area contributed by atoms with E-state index < -0.39 is 36.1 Å². The Kier molecular flexibility index (Phi) is 8.57. The number of nitrogens with zero attached hydrogens (tertiary/aromatic N) is 4. The Morgan fingerprint density at radius 3 is 2.25 bits per heavy atom. The van der Waals surface area contributed by atoms with Crippen LogP contribution in [0.2, 0.25) is 0 Å². The molecule has 1 fully saturated rings. The molecule has 48 heavy (non-hydrogen) atoms. The van der Waals surface area contributed by atoms with Gasteiger partial charge in [-0.2, -0.15) is 14.4 Å². The molecule has 3 heterocycles. The van der Waals surface area contributed by atoms with Crippen molar-refractivity contribution in [3.05, 3.63) is 121 Å². The first kappa shape index (κ1) is 31.4. The first-order valence-electron chi connectivity index (χ1n) is 15.6. The number of halogens is 1. The van der Waals surface area contributed by atoms with E-state index in [1.165, 1.54) is 17.8 Å². The Morgan fingerprint density at radius 1 is 0.958 bits per heavy atom. The molecule has 0 bridgehead atoms. The largest absolute Gasteiger partial charge is 0.455 e. The molecule has 1 aliphatic rings. The molecule has 6 aromatic rings.